The van der Waals surface area contributed by atoms with Crippen LogP contribution in [0.15, 0.2) is 83.5 Å². The molecule has 0 saturated carbocycles. The van der Waals surface area contributed by atoms with Crippen LogP contribution in [0.5, 0.6) is 0 Å². The standard InChI is InChI=1S/C18H16.C9H7NO2/c1-3-7-15-13(5-1)9-11-18-16-8-4-2-6-14(16)10-12-17(15)18;10-9(11)7-5-12-8-4-2-1-3-6(7)8/h1,3,5,7,9-12H,2,4,6,8H2;1-5H,(H2,10,11). The van der Waals surface area contributed by atoms with Gasteiger partial charge in [-0.05, 0) is 64.4 Å². The monoisotopic (exact) mass is 393 g/mol. The minimum atomic E-state index is -0.458. The fourth-order valence-corrected chi connectivity index (χ4v) is 4.51. The van der Waals surface area contributed by atoms with E-state index in [0.717, 1.165) is 5.39 Å². The van der Waals surface area contributed by atoms with Gasteiger partial charge in [0, 0.05) is 5.39 Å². The fraction of sp³-hybridized carbons (Fsp3) is 0.148. The molecule has 0 fully saturated rings. The van der Waals surface area contributed by atoms with Crippen molar-refractivity contribution in [1.29, 1.82) is 0 Å². The number of rotatable bonds is 1. The molecule has 0 unspecified atom stereocenters. The lowest BCUT2D eigenvalue weighted by atomic mass is 9.86. The van der Waals surface area contributed by atoms with Crippen molar-refractivity contribution < 1.29 is 9.21 Å². The largest absolute Gasteiger partial charge is 0.463 e. The smallest absolute Gasteiger partial charge is 0.252 e. The molecule has 1 aromatic heterocycles. The van der Waals surface area contributed by atoms with Crippen molar-refractivity contribution in [3.8, 4) is 0 Å². The number of carbonyl (C=O) groups excluding carboxylic acids is 1. The molecule has 0 aliphatic heterocycles. The summed E-state index contributed by atoms with van der Waals surface area (Å²) in [5.74, 6) is -0.458. The first-order valence-electron chi connectivity index (χ1n) is 10.4. The summed E-state index contributed by atoms with van der Waals surface area (Å²) in [6.07, 6.45) is 6.60. The molecular weight excluding hydrogens is 370 g/mol. The van der Waals surface area contributed by atoms with Crippen molar-refractivity contribution >= 4 is 38.4 Å². The molecule has 3 nitrogen and oxygen atoms in total. The van der Waals surface area contributed by atoms with Gasteiger partial charge in [0.15, 0.2) is 0 Å². The zero-order valence-electron chi connectivity index (χ0n) is 16.7. The molecule has 0 atom stereocenters. The molecule has 5 aromatic rings. The van der Waals surface area contributed by atoms with Gasteiger partial charge in [-0.1, -0.05) is 66.7 Å². The molecule has 1 aliphatic carbocycles. The molecule has 0 bridgehead atoms. The lowest BCUT2D eigenvalue weighted by Gasteiger charge is -2.18. The Hall–Kier alpha value is -3.59. The van der Waals surface area contributed by atoms with E-state index in [0.29, 0.717) is 11.1 Å². The van der Waals surface area contributed by atoms with Crippen LogP contribution in [0.1, 0.15) is 34.3 Å². The van der Waals surface area contributed by atoms with Gasteiger partial charge >= 0.3 is 0 Å². The van der Waals surface area contributed by atoms with Crippen molar-refractivity contribution in [3.05, 3.63) is 95.7 Å². The second-order valence-corrected chi connectivity index (χ2v) is 7.80. The van der Waals surface area contributed by atoms with Crippen LogP contribution < -0.4 is 5.73 Å². The van der Waals surface area contributed by atoms with Crippen molar-refractivity contribution in [1.82, 2.24) is 0 Å². The number of para-hydroxylation sites is 1. The van der Waals surface area contributed by atoms with Crippen LogP contribution in [0.3, 0.4) is 0 Å². The molecule has 1 amide bonds. The predicted molar refractivity (Wildman–Crippen MR) is 123 cm³/mol. The Morgan fingerprint density at radius 3 is 2.33 bits per heavy atom. The molecule has 148 valence electrons. The van der Waals surface area contributed by atoms with E-state index in [2.05, 4.69) is 48.5 Å². The Bertz CT molecular complexity index is 1380. The summed E-state index contributed by atoms with van der Waals surface area (Å²) in [5, 5.41) is 6.41. The van der Waals surface area contributed by atoms with Crippen LogP contribution in [0.25, 0.3) is 32.5 Å². The molecule has 30 heavy (non-hydrogen) atoms. The number of hydrogen-bond donors (Lipinski definition) is 1. The molecule has 0 radical (unpaired) electrons. The van der Waals surface area contributed by atoms with E-state index >= 15 is 0 Å². The summed E-state index contributed by atoms with van der Waals surface area (Å²) in [4.78, 5) is 10.8. The van der Waals surface area contributed by atoms with Gasteiger partial charge in [0.05, 0.1) is 5.56 Å². The zero-order valence-corrected chi connectivity index (χ0v) is 16.7. The van der Waals surface area contributed by atoms with E-state index in [-0.39, 0.29) is 0 Å². The van der Waals surface area contributed by atoms with Crippen LogP contribution in [0, 0.1) is 0 Å². The average molecular weight is 393 g/mol. The van der Waals surface area contributed by atoms with E-state index in [1.165, 1.54) is 53.5 Å². The Morgan fingerprint density at radius 2 is 1.47 bits per heavy atom. The topological polar surface area (TPSA) is 56.2 Å². The number of hydrogen-bond acceptors (Lipinski definition) is 2. The van der Waals surface area contributed by atoms with Crippen molar-refractivity contribution in [2.75, 3.05) is 0 Å². The Kier molecular flexibility index (Phi) is 4.72. The highest BCUT2D eigenvalue weighted by atomic mass is 16.3. The number of fused-ring (bicyclic) bond motifs is 6. The second kappa shape index (κ2) is 7.68. The SMILES string of the molecule is NC(=O)c1coc2ccccc12.c1ccc2c(c1)ccc1c3c(ccc12)CCCC3. The van der Waals surface area contributed by atoms with E-state index in [1.807, 2.05) is 12.1 Å². The summed E-state index contributed by atoms with van der Waals surface area (Å²) in [7, 11) is 0. The number of aryl methyl sites for hydroxylation is 2. The quantitative estimate of drug-likeness (QED) is 0.335. The highest BCUT2D eigenvalue weighted by Gasteiger charge is 2.13. The molecule has 6 rings (SSSR count). The van der Waals surface area contributed by atoms with Gasteiger partial charge in [-0.3, -0.25) is 4.79 Å². The number of nitrogens with two attached hydrogens (primary N) is 1. The molecule has 1 aliphatic rings. The minimum absolute atomic E-state index is 0.436. The third-order valence-corrected chi connectivity index (χ3v) is 6.00. The van der Waals surface area contributed by atoms with E-state index in [1.54, 1.807) is 23.3 Å². The van der Waals surface area contributed by atoms with Crippen LogP contribution in [0.2, 0.25) is 0 Å². The summed E-state index contributed by atoms with van der Waals surface area (Å²) in [5.41, 5.74) is 9.42. The Morgan fingerprint density at radius 1 is 0.733 bits per heavy atom. The molecule has 3 heteroatoms. The molecule has 2 N–H and O–H groups in total. The number of carbonyl (C=O) groups is 1. The van der Waals surface area contributed by atoms with Crippen molar-refractivity contribution in [2.24, 2.45) is 5.73 Å². The van der Waals surface area contributed by atoms with Crippen molar-refractivity contribution in [3.63, 3.8) is 0 Å². The van der Waals surface area contributed by atoms with Gasteiger partial charge in [0.2, 0.25) is 0 Å². The van der Waals surface area contributed by atoms with E-state index < -0.39 is 5.91 Å². The molecule has 1 heterocycles. The van der Waals surface area contributed by atoms with Gasteiger partial charge < -0.3 is 10.2 Å². The van der Waals surface area contributed by atoms with Gasteiger partial charge in [0.1, 0.15) is 11.8 Å². The summed E-state index contributed by atoms with van der Waals surface area (Å²) < 4.78 is 5.11. The maximum absolute atomic E-state index is 10.8. The Labute approximate surface area is 175 Å². The Balaban J connectivity index is 0.000000140. The van der Waals surface area contributed by atoms with Gasteiger partial charge in [0.25, 0.3) is 5.91 Å². The number of primary amides is 1. The lowest BCUT2D eigenvalue weighted by Crippen LogP contribution is -2.09. The first-order chi connectivity index (χ1) is 14.7. The van der Waals surface area contributed by atoms with E-state index in [4.69, 9.17) is 10.2 Å². The maximum Gasteiger partial charge on any atom is 0.252 e. The van der Waals surface area contributed by atoms with Gasteiger partial charge in [-0.2, -0.15) is 0 Å². The van der Waals surface area contributed by atoms with Gasteiger partial charge in [-0.15, -0.1) is 0 Å². The van der Waals surface area contributed by atoms with Crippen molar-refractivity contribution in [2.45, 2.75) is 25.7 Å². The summed E-state index contributed by atoms with van der Waals surface area (Å²) >= 11 is 0. The number of amides is 1. The first kappa shape index (κ1) is 18.4. The second-order valence-electron chi connectivity index (χ2n) is 7.80. The molecule has 4 aromatic carbocycles. The molecule has 0 spiro atoms. The number of furan rings is 1. The zero-order chi connectivity index (χ0) is 20.5. The molecular formula is C27H23NO2. The predicted octanol–water partition coefficient (Wildman–Crippen LogP) is 6.40. The third-order valence-electron chi connectivity index (χ3n) is 6.00. The fourth-order valence-electron chi connectivity index (χ4n) is 4.51. The van der Waals surface area contributed by atoms with Crippen LogP contribution in [-0.2, 0) is 12.8 Å². The van der Waals surface area contributed by atoms with Crippen LogP contribution >= 0.6 is 0 Å². The summed E-state index contributed by atoms with van der Waals surface area (Å²) in [6, 6.07) is 25.2. The van der Waals surface area contributed by atoms with Gasteiger partial charge in [-0.25, -0.2) is 0 Å². The maximum atomic E-state index is 10.8. The van der Waals surface area contributed by atoms with E-state index in [9.17, 15) is 4.79 Å². The molecule has 0 saturated heterocycles. The highest BCUT2D eigenvalue weighted by molar-refractivity contribution is 6.08. The highest BCUT2D eigenvalue weighted by Crippen LogP contribution is 2.33. The summed E-state index contributed by atoms with van der Waals surface area (Å²) in [6.45, 7) is 0. The van der Waals surface area contributed by atoms with Crippen LogP contribution in [-0.4, -0.2) is 5.91 Å². The minimum Gasteiger partial charge on any atom is -0.463 e. The lowest BCUT2D eigenvalue weighted by molar-refractivity contribution is 0.100. The normalized spacial score (nSPS) is 13.1. The number of benzene rings is 4. The third kappa shape index (κ3) is 3.22. The average Bonchev–Trinajstić information content (AvgIpc) is 3.24. The first-order valence-corrected chi connectivity index (χ1v) is 10.4. The van der Waals surface area contributed by atoms with Crippen LogP contribution in [0.4, 0.5) is 0 Å².